The summed E-state index contributed by atoms with van der Waals surface area (Å²) in [5.41, 5.74) is 2.82. The quantitative estimate of drug-likeness (QED) is 0.896. The number of anilines is 1. The summed E-state index contributed by atoms with van der Waals surface area (Å²) < 4.78 is 0. The number of nitrogens with one attached hydrogen (secondary N) is 1. The molecule has 0 unspecified atom stereocenters. The van der Waals surface area contributed by atoms with Gasteiger partial charge in [0.15, 0.2) is 5.82 Å². The average molecular weight is 352 g/mol. The molecule has 1 N–H and O–H groups in total. The van der Waals surface area contributed by atoms with Crippen LogP contribution in [-0.2, 0) is 17.8 Å². The van der Waals surface area contributed by atoms with Gasteiger partial charge in [-0.3, -0.25) is 9.78 Å². The minimum atomic E-state index is -0.0398. The molecule has 2 aromatic rings. The fourth-order valence-corrected chi connectivity index (χ4v) is 3.69. The van der Waals surface area contributed by atoms with Crippen molar-refractivity contribution in [3.8, 4) is 11.5 Å². The number of hydrogen-bond donors (Lipinski definition) is 1. The van der Waals surface area contributed by atoms with E-state index in [1.165, 1.54) is 0 Å². The largest absolute Gasteiger partial charge is 0.362 e. The van der Waals surface area contributed by atoms with Crippen LogP contribution >= 0.6 is 0 Å². The van der Waals surface area contributed by atoms with Crippen LogP contribution < -0.4 is 10.2 Å². The number of amides is 1. The molecule has 26 heavy (non-hydrogen) atoms. The number of rotatable bonds is 3. The summed E-state index contributed by atoms with van der Waals surface area (Å²) in [6.07, 6.45) is 4.52. The molecule has 0 bridgehead atoms. The second kappa shape index (κ2) is 6.99. The third-order valence-electron chi connectivity index (χ3n) is 5.03. The van der Waals surface area contributed by atoms with Crippen LogP contribution in [0.2, 0.25) is 0 Å². The van der Waals surface area contributed by atoms with Crippen molar-refractivity contribution >= 4 is 11.7 Å². The molecule has 2 aromatic heterocycles. The molecular weight excluding hydrogens is 328 g/mol. The van der Waals surface area contributed by atoms with E-state index >= 15 is 0 Å². The molecule has 2 aliphatic heterocycles. The molecule has 1 saturated heterocycles. The number of aromatic nitrogens is 3. The van der Waals surface area contributed by atoms with Crippen LogP contribution in [0.4, 0.5) is 5.82 Å². The van der Waals surface area contributed by atoms with Crippen molar-refractivity contribution < 1.29 is 4.79 Å². The van der Waals surface area contributed by atoms with Crippen LogP contribution in [0.3, 0.4) is 0 Å². The van der Waals surface area contributed by atoms with Gasteiger partial charge in [-0.1, -0.05) is 6.07 Å². The number of nitrogens with zero attached hydrogens (tertiary/aromatic N) is 5. The third kappa shape index (κ3) is 3.14. The highest BCUT2D eigenvalue weighted by molar-refractivity contribution is 5.82. The van der Waals surface area contributed by atoms with Gasteiger partial charge in [-0.05, 0) is 37.9 Å². The first-order valence-electron chi connectivity index (χ1n) is 9.14. The summed E-state index contributed by atoms with van der Waals surface area (Å²) >= 11 is 0. The van der Waals surface area contributed by atoms with Crippen molar-refractivity contribution in [3.05, 3.63) is 35.7 Å². The Morgan fingerprint density at radius 3 is 2.88 bits per heavy atom. The molecule has 0 radical (unpaired) electrons. The summed E-state index contributed by atoms with van der Waals surface area (Å²) in [6.45, 7) is 2.18. The Kier molecular flexibility index (Phi) is 4.55. The van der Waals surface area contributed by atoms with Crippen molar-refractivity contribution in [2.45, 2.75) is 31.8 Å². The minimum absolute atomic E-state index is 0.0398. The van der Waals surface area contributed by atoms with E-state index in [-0.39, 0.29) is 11.9 Å². The normalized spacial score (nSPS) is 19.3. The first kappa shape index (κ1) is 16.9. The molecule has 2 aliphatic rings. The van der Waals surface area contributed by atoms with E-state index in [0.29, 0.717) is 12.4 Å². The van der Waals surface area contributed by atoms with Gasteiger partial charge < -0.3 is 15.1 Å². The van der Waals surface area contributed by atoms with Gasteiger partial charge in [0.2, 0.25) is 5.91 Å². The highest BCUT2D eigenvalue weighted by Gasteiger charge is 2.31. The Morgan fingerprint density at radius 1 is 1.31 bits per heavy atom. The van der Waals surface area contributed by atoms with Crippen molar-refractivity contribution in [2.24, 2.45) is 0 Å². The van der Waals surface area contributed by atoms with E-state index < -0.39 is 0 Å². The Labute approximate surface area is 153 Å². The topological polar surface area (TPSA) is 74.2 Å². The predicted octanol–water partition coefficient (Wildman–Crippen LogP) is 1.24. The molecule has 136 valence electrons. The highest BCUT2D eigenvalue weighted by Crippen LogP contribution is 2.28. The van der Waals surface area contributed by atoms with Crippen LogP contribution in [0.25, 0.3) is 11.5 Å². The number of carbonyl (C=O) groups is 1. The number of carbonyl (C=O) groups excluding carboxylic acids is 1. The monoisotopic (exact) mass is 352 g/mol. The summed E-state index contributed by atoms with van der Waals surface area (Å²) in [6, 6.07) is 5.68. The van der Waals surface area contributed by atoms with E-state index in [2.05, 4.69) is 10.3 Å². The summed E-state index contributed by atoms with van der Waals surface area (Å²) in [5, 5.41) is 3.30. The first-order valence-corrected chi connectivity index (χ1v) is 9.14. The lowest BCUT2D eigenvalue weighted by atomic mass is 10.0. The first-order chi connectivity index (χ1) is 12.6. The zero-order valence-corrected chi connectivity index (χ0v) is 15.3. The zero-order valence-electron chi connectivity index (χ0n) is 15.3. The van der Waals surface area contributed by atoms with Crippen molar-refractivity contribution in [3.63, 3.8) is 0 Å². The van der Waals surface area contributed by atoms with E-state index in [1.807, 2.05) is 42.1 Å². The van der Waals surface area contributed by atoms with Crippen molar-refractivity contribution in [2.75, 3.05) is 32.1 Å². The lowest BCUT2D eigenvalue weighted by Gasteiger charge is -2.32. The lowest BCUT2D eigenvalue weighted by molar-refractivity contribution is -0.134. The molecule has 4 rings (SSSR count). The average Bonchev–Trinajstić information content (AvgIpc) is 3.21. The van der Waals surface area contributed by atoms with E-state index in [0.717, 1.165) is 55.1 Å². The van der Waals surface area contributed by atoms with E-state index in [9.17, 15) is 4.79 Å². The Morgan fingerprint density at radius 2 is 2.19 bits per heavy atom. The molecule has 1 amide bonds. The van der Waals surface area contributed by atoms with Crippen LogP contribution in [0, 0.1) is 0 Å². The third-order valence-corrected chi connectivity index (χ3v) is 5.03. The second-order valence-corrected chi connectivity index (χ2v) is 7.06. The Balaban J connectivity index is 1.68. The van der Waals surface area contributed by atoms with E-state index in [1.54, 1.807) is 6.20 Å². The van der Waals surface area contributed by atoms with Crippen LogP contribution in [-0.4, -0.2) is 59.0 Å². The zero-order chi connectivity index (χ0) is 18.1. The number of hydrogen-bond acceptors (Lipinski definition) is 6. The summed E-state index contributed by atoms with van der Waals surface area (Å²) in [7, 11) is 3.98. The molecule has 0 aromatic carbocycles. The summed E-state index contributed by atoms with van der Waals surface area (Å²) in [4.78, 5) is 30.6. The lowest BCUT2D eigenvalue weighted by Crippen LogP contribution is -2.46. The standard InChI is InChI=1S/C19H24N6O/c1-24(2)18-13-8-11-25(19(26)15-7-5-10-21-15)12-16(13)22-17(23-18)14-6-3-4-9-20-14/h3-4,6,9,15,21H,5,7-8,10-12H2,1-2H3/t15-/m1/s1. The van der Waals surface area contributed by atoms with Gasteiger partial charge >= 0.3 is 0 Å². The van der Waals surface area contributed by atoms with Gasteiger partial charge in [0.05, 0.1) is 18.3 Å². The minimum Gasteiger partial charge on any atom is -0.362 e. The molecular formula is C19H24N6O. The SMILES string of the molecule is CN(C)c1nc(-c2ccccn2)nc2c1CCN(C(=O)[C@H]1CCCN1)C2. The van der Waals surface area contributed by atoms with Crippen molar-refractivity contribution in [1.29, 1.82) is 0 Å². The maximum atomic E-state index is 12.8. The molecule has 7 heteroatoms. The molecule has 0 aliphatic carbocycles. The van der Waals surface area contributed by atoms with Gasteiger partial charge in [-0.2, -0.15) is 0 Å². The smallest absolute Gasteiger partial charge is 0.240 e. The van der Waals surface area contributed by atoms with Gasteiger partial charge in [0, 0.05) is 32.4 Å². The molecule has 1 atom stereocenters. The highest BCUT2D eigenvalue weighted by atomic mass is 16.2. The predicted molar refractivity (Wildman–Crippen MR) is 99.7 cm³/mol. The Bertz CT molecular complexity index is 801. The van der Waals surface area contributed by atoms with Gasteiger partial charge in [-0.25, -0.2) is 9.97 Å². The molecule has 4 heterocycles. The molecule has 7 nitrogen and oxygen atoms in total. The molecule has 0 saturated carbocycles. The van der Waals surface area contributed by atoms with Crippen LogP contribution in [0.1, 0.15) is 24.1 Å². The maximum absolute atomic E-state index is 12.8. The summed E-state index contributed by atoms with van der Waals surface area (Å²) in [5.74, 6) is 1.72. The fourth-order valence-electron chi connectivity index (χ4n) is 3.69. The molecule has 0 spiro atoms. The maximum Gasteiger partial charge on any atom is 0.240 e. The Hall–Kier alpha value is -2.54. The van der Waals surface area contributed by atoms with E-state index in [4.69, 9.17) is 9.97 Å². The van der Waals surface area contributed by atoms with Crippen LogP contribution in [0.15, 0.2) is 24.4 Å². The van der Waals surface area contributed by atoms with Gasteiger partial charge in [0.25, 0.3) is 0 Å². The van der Waals surface area contributed by atoms with Gasteiger partial charge in [-0.15, -0.1) is 0 Å². The fraction of sp³-hybridized carbons (Fsp3) is 0.474. The number of pyridine rings is 1. The second-order valence-electron chi connectivity index (χ2n) is 7.06. The molecule has 1 fully saturated rings. The van der Waals surface area contributed by atoms with Gasteiger partial charge in [0.1, 0.15) is 11.5 Å². The van der Waals surface area contributed by atoms with Crippen molar-refractivity contribution in [1.82, 2.24) is 25.2 Å². The number of fused-ring (bicyclic) bond motifs is 1. The van der Waals surface area contributed by atoms with Crippen LogP contribution in [0.5, 0.6) is 0 Å².